The van der Waals surface area contributed by atoms with Crippen molar-refractivity contribution >= 4 is 17.2 Å². The Labute approximate surface area is 108 Å². The van der Waals surface area contributed by atoms with Crippen molar-refractivity contribution in [3.63, 3.8) is 0 Å². The van der Waals surface area contributed by atoms with Gasteiger partial charge in [-0.15, -0.1) is 11.3 Å². The molecule has 0 radical (unpaired) electrons. The molecule has 1 aromatic heterocycles. The molecule has 0 bridgehead atoms. The van der Waals surface area contributed by atoms with E-state index in [1.165, 1.54) is 11.4 Å². The van der Waals surface area contributed by atoms with Crippen molar-refractivity contribution in [1.29, 1.82) is 0 Å². The molecule has 0 aromatic carbocycles. The first kappa shape index (κ1) is 14.8. The highest BCUT2D eigenvalue weighted by atomic mass is 32.1. The van der Waals surface area contributed by atoms with Crippen LogP contribution in [-0.4, -0.2) is 32.3 Å². The van der Waals surface area contributed by atoms with E-state index in [1.807, 2.05) is 6.92 Å². The number of carbonyl (C=O) groups is 1. The molecule has 1 N–H and O–H groups in total. The molecule has 0 aliphatic rings. The molecule has 0 aliphatic heterocycles. The lowest BCUT2D eigenvalue weighted by atomic mass is 10.2. The van der Waals surface area contributed by atoms with Crippen LogP contribution in [0.4, 0.5) is 8.78 Å². The van der Waals surface area contributed by atoms with Crippen molar-refractivity contribution in [2.24, 2.45) is 0 Å². The number of hydrogen-bond acceptors (Lipinski definition) is 4. The zero-order valence-corrected chi connectivity index (χ0v) is 10.9. The largest absolute Gasteiger partial charge is 0.433 e. The Balaban J connectivity index is 2.58. The van der Waals surface area contributed by atoms with Crippen molar-refractivity contribution < 1.29 is 23.0 Å². The monoisotopic (exact) mass is 279 g/mol. The lowest BCUT2D eigenvalue weighted by molar-refractivity contribution is -0.0498. The normalized spacial score (nSPS) is 12.5. The Morgan fingerprint density at radius 3 is 2.89 bits per heavy atom. The lowest BCUT2D eigenvalue weighted by Gasteiger charge is -2.13. The molecular weight excluding hydrogens is 264 g/mol. The van der Waals surface area contributed by atoms with Crippen LogP contribution >= 0.6 is 11.3 Å². The van der Waals surface area contributed by atoms with E-state index in [-0.39, 0.29) is 16.7 Å². The predicted octanol–water partition coefficient (Wildman–Crippen LogP) is 2.50. The van der Waals surface area contributed by atoms with Gasteiger partial charge in [0.15, 0.2) is 0 Å². The third-order valence-corrected chi connectivity index (χ3v) is 3.08. The second-order valence-corrected chi connectivity index (χ2v) is 4.56. The number of methoxy groups -OCH3 is 1. The minimum atomic E-state index is -2.93. The molecule has 1 rings (SSSR count). The van der Waals surface area contributed by atoms with Crippen LogP contribution in [0.25, 0.3) is 0 Å². The summed E-state index contributed by atoms with van der Waals surface area (Å²) in [6, 6.07) is 1.25. The molecule has 1 amide bonds. The molecule has 1 aromatic rings. The summed E-state index contributed by atoms with van der Waals surface area (Å²) in [7, 11) is 1.57. The van der Waals surface area contributed by atoms with Crippen molar-refractivity contribution in [3.8, 4) is 5.75 Å². The highest BCUT2D eigenvalue weighted by molar-refractivity contribution is 7.12. The maximum atomic E-state index is 12.1. The Kier molecular flexibility index (Phi) is 6.00. The summed E-state index contributed by atoms with van der Waals surface area (Å²) in [4.78, 5) is 12.0. The number of amides is 1. The molecule has 1 atom stereocenters. The fraction of sp³-hybridized carbons (Fsp3) is 0.545. The van der Waals surface area contributed by atoms with Gasteiger partial charge in [0, 0.05) is 19.8 Å². The van der Waals surface area contributed by atoms with Crippen LogP contribution in [0.2, 0.25) is 0 Å². The number of thiophene rings is 1. The van der Waals surface area contributed by atoms with Gasteiger partial charge in [-0.2, -0.15) is 8.78 Å². The van der Waals surface area contributed by atoms with Crippen LogP contribution < -0.4 is 10.1 Å². The van der Waals surface area contributed by atoms with Gasteiger partial charge >= 0.3 is 6.61 Å². The molecular formula is C11H15F2NO3S. The molecule has 1 unspecified atom stereocenters. The van der Waals surface area contributed by atoms with Gasteiger partial charge in [0.05, 0.1) is 0 Å². The topological polar surface area (TPSA) is 47.6 Å². The summed E-state index contributed by atoms with van der Waals surface area (Å²) in [6.45, 7) is -0.596. The number of nitrogens with one attached hydrogen (secondary N) is 1. The fourth-order valence-electron chi connectivity index (χ4n) is 1.31. The Hall–Kier alpha value is -1.21. The fourth-order valence-corrected chi connectivity index (χ4v) is 2.03. The molecule has 0 saturated heterocycles. The number of ether oxygens (including phenoxy) is 2. The van der Waals surface area contributed by atoms with E-state index in [4.69, 9.17) is 4.74 Å². The maximum absolute atomic E-state index is 12.1. The standard InChI is InChI=1S/C11H15F2NO3S/c1-7(3-5-16-2)14-10(15)9-8(4-6-18-9)17-11(12)13/h4,6-7,11H,3,5H2,1-2H3,(H,14,15). The molecule has 18 heavy (non-hydrogen) atoms. The van der Waals surface area contributed by atoms with E-state index in [0.717, 1.165) is 11.3 Å². The third-order valence-electron chi connectivity index (χ3n) is 2.18. The third kappa shape index (κ3) is 4.58. The van der Waals surface area contributed by atoms with Crippen LogP contribution in [0.3, 0.4) is 0 Å². The molecule has 7 heteroatoms. The summed E-state index contributed by atoms with van der Waals surface area (Å²) >= 11 is 1.06. The molecule has 4 nitrogen and oxygen atoms in total. The first-order valence-corrected chi connectivity index (χ1v) is 6.24. The second-order valence-electron chi connectivity index (χ2n) is 3.65. The van der Waals surface area contributed by atoms with Crippen LogP contribution in [0.5, 0.6) is 5.75 Å². The summed E-state index contributed by atoms with van der Waals surface area (Å²) in [5, 5.41) is 4.23. The number of hydrogen-bond donors (Lipinski definition) is 1. The Bertz CT molecular complexity index is 384. The van der Waals surface area contributed by atoms with Gasteiger partial charge in [-0.25, -0.2) is 0 Å². The molecule has 0 spiro atoms. The number of alkyl halides is 2. The zero-order chi connectivity index (χ0) is 13.5. The average Bonchev–Trinajstić information content (AvgIpc) is 2.73. The SMILES string of the molecule is COCCC(C)NC(=O)c1sccc1OC(F)F. The number of rotatable bonds is 7. The Morgan fingerprint density at radius 2 is 2.28 bits per heavy atom. The van der Waals surface area contributed by atoms with Gasteiger partial charge in [0.25, 0.3) is 5.91 Å². The summed E-state index contributed by atoms with van der Waals surface area (Å²) in [5.74, 6) is -0.504. The van der Waals surface area contributed by atoms with Gasteiger partial charge in [-0.3, -0.25) is 4.79 Å². The van der Waals surface area contributed by atoms with Crippen molar-refractivity contribution in [2.75, 3.05) is 13.7 Å². The van der Waals surface area contributed by atoms with E-state index >= 15 is 0 Å². The quantitative estimate of drug-likeness (QED) is 0.834. The minimum Gasteiger partial charge on any atom is -0.433 e. The van der Waals surface area contributed by atoms with E-state index in [1.54, 1.807) is 7.11 Å². The van der Waals surface area contributed by atoms with Crippen LogP contribution in [0, 0.1) is 0 Å². The summed E-state index contributed by atoms with van der Waals surface area (Å²) < 4.78 is 33.4. The molecule has 0 aliphatic carbocycles. The number of carbonyl (C=O) groups excluding carboxylic acids is 1. The highest BCUT2D eigenvalue weighted by Gasteiger charge is 2.18. The van der Waals surface area contributed by atoms with Gasteiger partial charge < -0.3 is 14.8 Å². The van der Waals surface area contributed by atoms with E-state index in [9.17, 15) is 13.6 Å². The summed E-state index contributed by atoms with van der Waals surface area (Å²) in [5.41, 5.74) is 0. The van der Waals surface area contributed by atoms with Crippen LogP contribution in [0.15, 0.2) is 11.4 Å². The van der Waals surface area contributed by atoms with Gasteiger partial charge in [0.2, 0.25) is 0 Å². The molecule has 1 heterocycles. The predicted molar refractivity (Wildman–Crippen MR) is 64.4 cm³/mol. The first-order valence-electron chi connectivity index (χ1n) is 5.36. The molecule has 0 fully saturated rings. The first-order chi connectivity index (χ1) is 8.54. The lowest BCUT2D eigenvalue weighted by Crippen LogP contribution is -2.33. The number of halogens is 2. The molecule has 0 saturated carbocycles. The van der Waals surface area contributed by atoms with E-state index in [2.05, 4.69) is 10.1 Å². The van der Waals surface area contributed by atoms with Gasteiger partial charge in [-0.1, -0.05) is 0 Å². The van der Waals surface area contributed by atoms with Crippen LogP contribution in [-0.2, 0) is 4.74 Å². The van der Waals surface area contributed by atoms with Crippen molar-refractivity contribution in [2.45, 2.75) is 26.0 Å². The average molecular weight is 279 g/mol. The van der Waals surface area contributed by atoms with Gasteiger partial charge in [0.1, 0.15) is 10.6 Å². The smallest absolute Gasteiger partial charge is 0.387 e. The minimum absolute atomic E-state index is 0.0913. The summed E-state index contributed by atoms with van der Waals surface area (Å²) in [6.07, 6.45) is 0.651. The zero-order valence-electron chi connectivity index (χ0n) is 10.1. The van der Waals surface area contributed by atoms with E-state index in [0.29, 0.717) is 13.0 Å². The van der Waals surface area contributed by atoms with Gasteiger partial charge in [-0.05, 0) is 24.8 Å². The molecule has 102 valence electrons. The van der Waals surface area contributed by atoms with E-state index < -0.39 is 12.5 Å². The van der Waals surface area contributed by atoms with Crippen molar-refractivity contribution in [1.82, 2.24) is 5.32 Å². The van der Waals surface area contributed by atoms with Crippen molar-refractivity contribution in [3.05, 3.63) is 16.3 Å². The van der Waals surface area contributed by atoms with Crippen LogP contribution in [0.1, 0.15) is 23.0 Å². The Morgan fingerprint density at radius 1 is 1.56 bits per heavy atom. The highest BCUT2D eigenvalue weighted by Crippen LogP contribution is 2.26. The second kappa shape index (κ2) is 7.27. The maximum Gasteiger partial charge on any atom is 0.387 e.